The van der Waals surface area contributed by atoms with Gasteiger partial charge in [0, 0.05) is 29.2 Å². The maximum absolute atomic E-state index is 11.6. The van der Waals surface area contributed by atoms with Crippen LogP contribution in [0.2, 0.25) is 4.34 Å². The largest absolute Gasteiger partial charge is 0.396 e. The molecule has 0 spiro atoms. The van der Waals surface area contributed by atoms with E-state index < -0.39 is 0 Å². The second-order valence-electron chi connectivity index (χ2n) is 4.80. The normalized spacial score (nSPS) is 11.6. The lowest BCUT2D eigenvalue weighted by atomic mass is 9.95. The highest BCUT2D eigenvalue weighted by Crippen LogP contribution is 2.25. The van der Waals surface area contributed by atoms with Gasteiger partial charge in [-0.05, 0) is 12.1 Å². The molecule has 1 heterocycles. The molecule has 0 atom stereocenters. The monoisotopic (exact) mass is 307 g/mol. The fraction of sp³-hybridized carbons (Fsp3) is 0.583. The van der Waals surface area contributed by atoms with Gasteiger partial charge in [0.15, 0.2) is 0 Å². The van der Waals surface area contributed by atoms with E-state index in [1.165, 1.54) is 4.88 Å². The van der Waals surface area contributed by atoms with Crippen LogP contribution in [-0.2, 0) is 10.5 Å². The van der Waals surface area contributed by atoms with Crippen LogP contribution in [0.4, 0.5) is 0 Å². The fourth-order valence-corrected chi connectivity index (χ4v) is 3.17. The summed E-state index contributed by atoms with van der Waals surface area (Å²) in [6.07, 6.45) is 0. The Morgan fingerprint density at radius 2 is 2.28 bits per heavy atom. The third-order valence-corrected chi connectivity index (χ3v) is 4.69. The fourth-order valence-electron chi connectivity index (χ4n) is 1.12. The molecule has 3 nitrogen and oxygen atoms in total. The molecular formula is C12H18ClNO2S2. The third kappa shape index (κ3) is 6.09. The van der Waals surface area contributed by atoms with Crippen LogP contribution in [0.3, 0.4) is 0 Å². The molecule has 0 aliphatic rings. The molecule has 0 saturated carbocycles. The first-order valence-electron chi connectivity index (χ1n) is 5.62. The number of rotatable bonds is 7. The smallest absolute Gasteiger partial charge is 0.230 e. The van der Waals surface area contributed by atoms with E-state index in [9.17, 15) is 4.79 Å². The molecule has 1 rings (SSSR count). The van der Waals surface area contributed by atoms with E-state index >= 15 is 0 Å². The van der Waals surface area contributed by atoms with E-state index in [-0.39, 0.29) is 17.9 Å². The van der Waals surface area contributed by atoms with Crippen molar-refractivity contribution in [2.45, 2.75) is 19.6 Å². The van der Waals surface area contributed by atoms with Crippen LogP contribution in [0, 0.1) is 5.41 Å². The lowest BCUT2D eigenvalue weighted by Crippen LogP contribution is -2.36. The van der Waals surface area contributed by atoms with Gasteiger partial charge in [-0.2, -0.15) is 0 Å². The first-order chi connectivity index (χ1) is 8.43. The number of hydrogen-bond acceptors (Lipinski definition) is 4. The molecule has 2 N–H and O–H groups in total. The quantitative estimate of drug-likeness (QED) is 0.814. The number of thioether (sulfide) groups is 1. The standard InChI is InChI=1S/C12H18ClNO2S2/c1-12(2,8-15)7-14-11(16)6-17-5-9-3-4-10(13)18-9/h3-4,15H,5-8H2,1-2H3,(H,14,16). The Morgan fingerprint density at radius 1 is 1.56 bits per heavy atom. The lowest BCUT2D eigenvalue weighted by molar-refractivity contribution is -0.119. The van der Waals surface area contributed by atoms with Gasteiger partial charge in [-0.1, -0.05) is 25.4 Å². The number of amides is 1. The summed E-state index contributed by atoms with van der Waals surface area (Å²) in [5, 5.41) is 11.9. The zero-order valence-corrected chi connectivity index (χ0v) is 12.9. The first kappa shape index (κ1) is 15.8. The summed E-state index contributed by atoms with van der Waals surface area (Å²) in [5.41, 5.74) is -0.262. The highest BCUT2D eigenvalue weighted by atomic mass is 35.5. The average Bonchev–Trinajstić information content (AvgIpc) is 2.73. The Hall–Kier alpha value is -0.230. The van der Waals surface area contributed by atoms with Crippen molar-refractivity contribution in [1.82, 2.24) is 5.32 Å². The molecule has 1 aromatic rings. The number of nitrogens with one attached hydrogen (secondary N) is 1. The first-order valence-corrected chi connectivity index (χ1v) is 7.97. The highest BCUT2D eigenvalue weighted by molar-refractivity contribution is 7.99. The molecule has 1 amide bonds. The summed E-state index contributed by atoms with van der Waals surface area (Å²) >= 11 is 8.93. The summed E-state index contributed by atoms with van der Waals surface area (Å²) in [6, 6.07) is 3.85. The van der Waals surface area contributed by atoms with Crippen LogP contribution in [0.15, 0.2) is 12.1 Å². The Morgan fingerprint density at radius 3 is 2.83 bits per heavy atom. The molecule has 18 heavy (non-hydrogen) atoms. The van der Waals surface area contributed by atoms with Crippen molar-refractivity contribution in [3.8, 4) is 0 Å². The van der Waals surface area contributed by atoms with Crippen LogP contribution in [0.5, 0.6) is 0 Å². The molecule has 0 aromatic carbocycles. The second-order valence-corrected chi connectivity index (χ2v) is 7.58. The van der Waals surface area contributed by atoms with Crippen LogP contribution in [0.25, 0.3) is 0 Å². The van der Waals surface area contributed by atoms with Gasteiger partial charge in [0.1, 0.15) is 0 Å². The van der Waals surface area contributed by atoms with Crippen molar-refractivity contribution in [3.05, 3.63) is 21.3 Å². The van der Waals surface area contributed by atoms with Crippen molar-refractivity contribution < 1.29 is 9.90 Å². The van der Waals surface area contributed by atoms with E-state index in [0.29, 0.717) is 12.3 Å². The van der Waals surface area contributed by atoms with Crippen molar-refractivity contribution >= 4 is 40.6 Å². The minimum atomic E-state index is -0.262. The number of hydrogen-bond donors (Lipinski definition) is 2. The molecule has 0 unspecified atom stereocenters. The molecule has 6 heteroatoms. The SMILES string of the molecule is CC(C)(CO)CNC(=O)CSCc1ccc(Cl)s1. The van der Waals surface area contributed by atoms with Crippen LogP contribution < -0.4 is 5.32 Å². The molecule has 0 saturated heterocycles. The predicted molar refractivity (Wildman–Crippen MR) is 79.4 cm³/mol. The predicted octanol–water partition coefficient (Wildman–Crippen LogP) is 2.77. The van der Waals surface area contributed by atoms with Crippen molar-refractivity contribution in [3.63, 3.8) is 0 Å². The van der Waals surface area contributed by atoms with Gasteiger partial charge in [-0.25, -0.2) is 0 Å². The number of halogens is 1. The Kier molecular flexibility index (Phi) is 6.49. The number of aliphatic hydroxyl groups excluding tert-OH is 1. The molecule has 0 bridgehead atoms. The van der Waals surface area contributed by atoms with Gasteiger partial charge in [-0.15, -0.1) is 23.1 Å². The van der Waals surface area contributed by atoms with Gasteiger partial charge < -0.3 is 10.4 Å². The van der Waals surface area contributed by atoms with Gasteiger partial charge >= 0.3 is 0 Å². The van der Waals surface area contributed by atoms with E-state index in [1.54, 1.807) is 23.1 Å². The minimum Gasteiger partial charge on any atom is -0.396 e. The molecule has 0 fully saturated rings. The number of carbonyl (C=O) groups excluding carboxylic acids is 1. The number of carbonyl (C=O) groups is 1. The zero-order chi connectivity index (χ0) is 13.6. The summed E-state index contributed by atoms with van der Waals surface area (Å²) in [4.78, 5) is 12.7. The number of aliphatic hydroxyl groups is 1. The summed E-state index contributed by atoms with van der Waals surface area (Å²) in [7, 11) is 0. The number of thiophene rings is 1. The van der Waals surface area contributed by atoms with Crippen molar-refractivity contribution in [1.29, 1.82) is 0 Å². The maximum Gasteiger partial charge on any atom is 0.230 e. The zero-order valence-electron chi connectivity index (χ0n) is 10.5. The molecule has 1 aromatic heterocycles. The Balaban J connectivity index is 2.18. The van der Waals surface area contributed by atoms with Crippen molar-refractivity contribution in [2.75, 3.05) is 18.9 Å². The van der Waals surface area contributed by atoms with Crippen LogP contribution >= 0.6 is 34.7 Å². The Bertz CT molecular complexity index is 393. The third-order valence-electron chi connectivity index (χ3n) is 2.30. The topological polar surface area (TPSA) is 49.3 Å². The molecular weight excluding hydrogens is 290 g/mol. The molecule has 0 aliphatic carbocycles. The average molecular weight is 308 g/mol. The van der Waals surface area contributed by atoms with Crippen LogP contribution in [0.1, 0.15) is 18.7 Å². The van der Waals surface area contributed by atoms with E-state index in [2.05, 4.69) is 5.32 Å². The molecule has 0 aliphatic heterocycles. The van der Waals surface area contributed by atoms with Crippen molar-refractivity contribution in [2.24, 2.45) is 5.41 Å². The van der Waals surface area contributed by atoms with E-state index in [4.69, 9.17) is 16.7 Å². The van der Waals surface area contributed by atoms with Gasteiger partial charge in [0.2, 0.25) is 5.91 Å². The summed E-state index contributed by atoms with van der Waals surface area (Å²) in [5.74, 6) is 1.23. The van der Waals surface area contributed by atoms with Crippen LogP contribution in [-0.4, -0.2) is 29.9 Å². The Labute approximate surface area is 121 Å². The summed E-state index contributed by atoms with van der Waals surface area (Å²) in [6.45, 7) is 4.38. The lowest BCUT2D eigenvalue weighted by Gasteiger charge is -2.21. The molecule has 0 radical (unpaired) electrons. The van der Waals surface area contributed by atoms with Gasteiger partial charge in [0.05, 0.1) is 10.1 Å². The maximum atomic E-state index is 11.6. The van der Waals surface area contributed by atoms with Gasteiger partial charge in [-0.3, -0.25) is 4.79 Å². The van der Waals surface area contributed by atoms with Gasteiger partial charge in [0.25, 0.3) is 0 Å². The minimum absolute atomic E-state index is 0.00387. The second kappa shape index (κ2) is 7.38. The van der Waals surface area contributed by atoms with E-state index in [1.807, 2.05) is 26.0 Å². The highest BCUT2D eigenvalue weighted by Gasteiger charge is 2.17. The summed E-state index contributed by atoms with van der Waals surface area (Å²) < 4.78 is 0.778. The van der Waals surface area contributed by atoms with E-state index in [0.717, 1.165) is 10.1 Å². The molecule has 102 valence electrons.